The van der Waals surface area contributed by atoms with E-state index in [4.69, 9.17) is 4.74 Å². The summed E-state index contributed by atoms with van der Waals surface area (Å²) in [6.07, 6.45) is 1.46. The number of benzene rings is 2. The normalized spacial score (nSPS) is 11.0. The number of carbonyl (C=O) groups excluding carboxylic acids is 1. The highest BCUT2D eigenvalue weighted by atomic mass is 19.1. The van der Waals surface area contributed by atoms with Gasteiger partial charge in [-0.25, -0.2) is 9.82 Å². The number of hydrogen-bond acceptors (Lipinski definition) is 3. The Labute approximate surface area is 135 Å². The fourth-order valence-corrected chi connectivity index (χ4v) is 1.74. The van der Waals surface area contributed by atoms with E-state index < -0.39 is 0 Å². The Bertz CT molecular complexity index is 664. The monoisotopic (exact) mass is 314 g/mol. The molecule has 0 bridgehead atoms. The van der Waals surface area contributed by atoms with E-state index in [0.29, 0.717) is 23.7 Å². The van der Waals surface area contributed by atoms with Gasteiger partial charge in [-0.15, -0.1) is 0 Å². The second-order valence-corrected chi connectivity index (χ2v) is 5.48. The summed E-state index contributed by atoms with van der Waals surface area (Å²) in [5.74, 6) is 0.536. The van der Waals surface area contributed by atoms with Gasteiger partial charge in [-0.3, -0.25) is 4.79 Å². The second kappa shape index (κ2) is 8.08. The molecule has 2 aromatic rings. The maximum atomic E-state index is 12.8. The molecule has 2 rings (SSSR count). The van der Waals surface area contributed by atoms with Crippen molar-refractivity contribution in [1.82, 2.24) is 5.43 Å². The largest absolute Gasteiger partial charge is 0.493 e. The van der Waals surface area contributed by atoms with E-state index in [1.54, 1.807) is 36.4 Å². The number of nitrogens with zero attached hydrogens (tertiary/aromatic N) is 1. The molecule has 0 saturated heterocycles. The number of halogens is 1. The zero-order valence-corrected chi connectivity index (χ0v) is 13.1. The molecule has 0 spiro atoms. The molecule has 0 aromatic heterocycles. The molecule has 0 aliphatic rings. The first-order chi connectivity index (χ1) is 11.0. The Morgan fingerprint density at radius 2 is 1.83 bits per heavy atom. The summed E-state index contributed by atoms with van der Waals surface area (Å²) in [6.45, 7) is 4.77. The van der Waals surface area contributed by atoms with Crippen LogP contribution >= 0.6 is 0 Å². The van der Waals surface area contributed by atoms with Crippen LogP contribution in [0.5, 0.6) is 5.75 Å². The van der Waals surface area contributed by atoms with Crippen LogP contribution in [0.15, 0.2) is 53.6 Å². The minimum atomic E-state index is -0.321. The van der Waals surface area contributed by atoms with Gasteiger partial charge in [0.1, 0.15) is 11.6 Å². The van der Waals surface area contributed by atoms with Crippen molar-refractivity contribution in [3.8, 4) is 5.75 Å². The van der Waals surface area contributed by atoms with E-state index in [9.17, 15) is 9.18 Å². The highest BCUT2D eigenvalue weighted by molar-refractivity contribution is 5.94. The Kier molecular flexibility index (Phi) is 5.86. The van der Waals surface area contributed by atoms with Gasteiger partial charge in [-0.05, 0) is 47.9 Å². The molecule has 23 heavy (non-hydrogen) atoms. The molecule has 1 N–H and O–H groups in total. The number of carbonyl (C=O) groups is 1. The molecule has 0 aliphatic heterocycles. The lowest BCUT2D eigenvalue weighted by molar-refractivity contribution is 0.0955. The van der Waals surface area contributed by atoms with Gasteiger partial charge in [-0.2, -0.15) is 5.10 Å². The lowest BCUT2D eigenvalue weighted by atomic mass is 10.2. The maximum Gasteiger partial charge on any atom is 0.271 e. The molecule has 0 heterocycles. The van der Waals surface area contributed by atoms with Crippen LogP contribution in [-0.4, -0.2) is 18.7 Å². The number of ether oxygens (including phenoxy) is 1. The SMILES string of the molecule is CC(C)COc1ccc(C(=O)N/N=C\c2ccc(F)cc2)cc1. The first-order valence-corrected chi connectivity index (χ1v) is 7.36. The third-order valence-corrected chi connectivity index (χ3v) is 2.95. The van der Waals surface area contributed by atoms with Gasteiger partial charge >= 0.3 is 0 Å². The summed E-state index contributed by atoms with van der Waals surface area (Å²) in [5.41, 5.74) is 3.61. The maximum absolute atomic E-state index is 12.8. The summed E-state index contributed by atoms with van der Waals surface area (Å²) in [5, 5.41) is 3.85. The molecule has 0 aliphatic carbocycles. The predicted octanol–water partition coefficient (Wildman–Crippen LogP) is 3.62. The smallest absolute Gasteiger partial charge is 0.271 e. The molecule has 120 valence electrons. The van der Waals surface area contributed by atoms with Crippen LogP contribution in [0, 0.1) is 11.7 Å². The van der Waals surface area contributed by atoms with Gasteiger partial charge in [0.05, 0.1) is 12.8 Å². The number of amides is 1. The Balaban J connectivity index is 1.89. The summed E-state index contributed by atoms with van der Waals surface area (Å²) in [4.78, 5) is 11.9. The third-order valence-electron chi connectivity index (χ3n) is 2.95. The summed E-state index contributed by atoms with van der Waals surface area (Å²) in [7, 11) is 0. The fraction of sp³-hybridized carbons (Fsp3) is 0.222. The van der Waals surface area contributed by atoms with Crippen LogP contribution in [0.1, 0.15) is 29.8 Å². The van der Waals surface area contributed by atoms with E-state index in [1.165, 1.54) is 18.3 Å². The predicted molar refractivity (Wildman–Crippen MR) is 88.2 cm³/mol. The van der Waals surface area contributed by atoms with Crippen molar-refractivity contribution >= 4 is 12.1 Å². The van der Waals surface area contributed by atoms with E-state index in [-0.39, 0.29) is 11.7 Å². The minimum Gasteiger partial charge on any atom is -0.493 e. The second-order valence-electron chi connectivity index (χ2n) is 5.48. The Hall–Kier alpha value is -2.69. The molecule has 0 atom stereocenters. The minimum absolute atomic E-state index is 0.314. The van der Waals surface area contributed by atoms with Crippen molar-refractivity contribution in [1.29, 1.82) is 0 Å². The van der Waals surface area contributed by atoms with Crippen molar-refractivity contribution in [2.45, 2.75) is 13.8 Å². The molecule has 0 saturated carbocycles. The van der Waals surface area contributed by atoms with Gasteiger partial charge in [0, 0.05) is 5.56 Å². The number of nitrogens with one attached hydrogen (secondary N) is 1. The van der Waals surface area contributed by atoms with E-state index in [0.717, 1.165) is 5.75 Å². The van der Waals surface area contributed by atoms with Crippen LogP contribution in [0.3, 0.4) is 0 Å². The highest BCUT2D eigenvalue weighted by Crippen LogP contribution is 2.13. The molecule has 5 heteroatoms. The van der Waals surface area contributed by atoms with E-state index >= 15 is 0 Å². The van der Waals surface area contributed by atoms with Gasteiger partial charge in [0.15, 0.2) is 0 Å². The summed E-state index contributed by atoms with van der Waals surface area (Å²) < 4.78 is 18.3. The molecule has 0 fully saturated rings. The Morgan fingerprint density at radius 1 is 1.17 bits per heavy atom. The fourth-order valence-electron chi connectivity index (χ4n) is 1.74. The zero-order chi connectivity index (χ0) is 16.7. The average Bonchev–Trinajstić information content (AvgIpc) is 2.55. The van der Waals surface area contributed by atoms with Crippen LogP contribution in [0.4, 0.5) is 4.39 Å². The van der Waals surface area contributed by atoms with E-state index in [1.807, 2.05) is 0 Å². The number of rotatable bonds is 6. The molecule has 2 aromatic carbocycles. The van der Waals surface area contributed by atoms with Gasteiger partial charge in [0.2, 0.25) is 0 Å². The summed E-state index contributed by atoms with van der Waals surface area (Å²) in [6, 6.07) is 12.7. The quantitative estimate of drug-likeness (QED) is 0.654. The number of hydrazone groups is 1. The highest BCUT2D eigenvalue weighted by Gasteiger charge is 2.04. The molecular weight excluding hydrogens is 295 g/mol. The topological polar surface area (TPSA) is 50.7 Å². The van der Waals surface area contributed by atoms with Crippen LogP contribution < -0.4 is 10.2 Å². The molecule has 0 unspecified atom stereocenters. The van der Waals surface area contributed by atoms with Gasteiger partial charge < -0.3 is 4.74 Å². The van der Waals surface area contributed by atoms with Crippen molar-refractivity contribution < 1.29 is 13.9 Å². The molecular formula is C18H19FN2O2. The lowest BCUT2D eigenvalue weighted by Gasteiger charge is -2.08. The van der Waals surface area contributed by atoms with Crippen molar-refractivity contribution in [3.63, 3.8) is 0 Å². The van der Waals surface area contributed by atoms with Crippen molar-refractivity contribution in [3.05, 3.63) is 65.5 Å². The van der Waals surface area contributed by atoms with Gasteiger partial charge in [-0.1, -0.05) is 26.0 Å². The standard InChI is InChI=1S/C18H19FN2O2/c1-13(2)12-23-17-9-5-15(6-10-17)18(22)21-20-11-14-3-7-16(19)8-4-14/h3-11,13H,12H2,1-2H3,(H,21,22)/b20-11-. The zero-order valence-electron chi connectivity index (χ0n) is 13.1. The number of hydrogen-bond donors (Lipinski definition) is 1. The van der Waals surface area contributed by atoms with Crippen LogP contribution in [0.2, 0.25) is 0 Å². The molecule has 1 amide bonds. The van der Waals surface area contributed by atoms with Gasteiger partial charge in [0.25, 0.3) is 5.91 Å². The Morgan fingerprint density at radius 3 is 2.43 bits per heavy atom. The van der Waals surface area contributed by atoms with Crippen molar-refractivity contribution in [2.75, 3.05) is 6.61 Å². The summed E-state index contributed by atoms with van der Waals surface area (Å²) >= 11 is 0. The van der Waals surface area contributed by atoms with Crippen molar-refractivity contribution in [2.24, 2.45) is 11.0 Å². The van der Waals surface area contributed by atoms with Crippen LogP contribution in [-0.2, 0) is 0 Å². The van der Waals surface area contributed by atoms with E-state index in [2.05, 4.69) is 24.4 Å². The van der Waals surface area contributed by atoms with Crippen LogP contribution in [0.25, 0.3) is 0 Å². The average molecular weight is 314 g/mol. The third kappa shape index (κ3) is 5.54. The molecule has 4 nitrogen and oxygen atoms in total. The first kappa shape index (κ1) is 16.7. The lowest BCUT2D eigenvalue weighted by Crippen LogP contribution is -2.17. The molecule has 0 radical (unpaired) electrons. The first-order valence-electron chi connectivity index (χ1n) is 7.36.